The largest absolute Gasteiger partial charge is 0.387 e. The van der Waals surface area contributed by atoms with Gasteiger partial charge in [-0.25, -0.2) is 0 Å². The molecule has 0 aliphatic carbocycles. The smallest absolute Gasteiger partial charge is 0.186 e. The predicted molar refractivity (Wildman–Crippen MR) is 96.7 cm³/mol. The minimum Gasteiger partial charge on any atom is -0.387 e. The summed E-state index contributed by atoms with van der Waals surface area (Å²) in [4.78, 5) is 0. The molecule has 27 heavy (non-hydrogen) atoms. The first-order chi connectivity index (χ1) is 13.3. The van der Waals surface area contributed by atoms with Crippen molar-refractivity contribution in [3.05, 3.63) is 71.8 Å². The lowest BCUT2D eigenvalue weighted by atomic mass is 9.97. The molecule has 2 aromatic rings. The Hall–Kier alpha value is -1.80. The second-order valence-corrected chi connectivity index (χ2v) is 6.71. The molecule has 2 aromatic carbocycles. The Kier molecular flexibility index (Phi) is 5.83. The van der Waals surface area contributed by atoms with Gasteiger partial charge in [-0.15, -0.1) is 0 Å². The Balaban J connectivity index is 1.46. The van der Waals surface area contributed by atoms with Gasteiger partial charge in [-0.05, 0) is 5.56 Å². The zero-order valence-corrected chi connectivity index (χ0v) is 15.1. The summed E-state index contributed by atoms with van der Waals surface area (Å²) in [6, 6.07) is 19.4. The molecule has 0 saturated carbocycles. The standard InChI is InChI=1S/C21H24O6/c1-23-21-19(24-12-14-8-4-2-5-9-14)17(22)18-16(26-21)13-25-20(27-18)15-10-6-3-7-11-15/h2-11,16-22H,12-13H2,1H3/t16-,17+,18-,19+,20?,21+/m1/s1. The van der Waals surface area contributed by atoms with Crippen molar-refractivity contribution in [3.8, 4) is 0 Å². The maximum atomic E-state index is 10.9. The highest BCUT2D eigenvalue weighted by Crippen LogP contribution is 2.35. The van der Waals surface area contributed by atoms with Crippen molar-refractivity contribution in [2.24, 2.45) is 0 Å². The summed E-state index contributed by atoms with van der Waals surface area (Å²) in [6.45, 7) is 0.661. The summed E-state index contributed by atoms with van der Waals surface area (Å²) in [5, 5.41) is 10.9. The molecule has 6 heteroatoms. The molecular formula is C21H24O6. The van der Waals surface area contributed by atoms with E-state index in [1.54, 1.807) is 0 Å². The second kappa shape index (κ2) is 8.48. The highest BCUT2D eigenvalue weighted by Gasteiger charge is 2.50. The van der Waals surface area contributed by atoms with Crippen LogP contribution in [0.3, 0.4) is 0 Å². The number of aliphatic hydroxyl groups excluding tert-OH is 1. The number of hydrogen-bond acceptors (Lipinski definition) is 6. The van der Waals surface area contributed by atoms with E-state index in [0.717, 1.165) is 11.1 Å². The van der Waals surface area contributed by atoms with Crippen LogP contribution in [0.2, 0.25) is 0 Å². The van der Waals surface area contributed by atoms with Crippen LogP contribution < -0.4 is 0 Å². The molecule has 6 atom stereocenters. The Bertz CT molecular complexity index is 703. The van der Waals surface area contributed by atoms with Crippen molar-refractivity contribution in [2.45, 2.75) is 43.6 Å². The van der Waals surface area contributed by atoms with E-state index in [-0.39, 0.29) is 0 Å². The van der Waals surface area contributed by atoms with Crippen LogP contribution in [0.15, 0.2) is 60.7 Å². The fourth-order valence-corrected chi connectivity index (χ4v) is 3.48. The van der Waals surface area contributed by atoms with Crippen LogP contribution in [0.25, 0.3) is 0 Å². The van der Waals surface area contributed by atoms with Crippen LogP contribution in [-0.4, -0.2) is 49.5 Å². The molecule has 2 heterocycles. The van der Waals surface area contributed by atoms with Gasteiger partial charge in [0.1, 0.15) is 24.4 Å². The second-order valence-electron chi connectivity index (χ2n) is 6.71. The molecule has 6 nitrogen and oxygen atoms in total. The summed E-state index contributed by atoms with van der Waals surface area (Å²) in [6.07, 6.45) is -3.76. The average molecular weight is 372 g/mol. The minimum atomic E-state index is -0.896. The van der Waals surface area contributed by atoms with Gasteiger partial charge in [0.05, 0.1) is 13.2 Å². The minimum absolute atomic E-state index is 0.312. The van der Waals surface area contributed by atoms with Crippen molar-refractivity contribution in [2.75, 3.05) is 13.7 Å². The first kappa shape index (κ1) is 18.6. The van der Waals surface area contributed by atoms with Crippen molar-refractivity contribution >= 4 is 0 Å². The third-order valence-electron chi connectivity index (χ3n) is 4.90. The van der Waals surface area contributed by atoms with Crippen LogP contribution in [0.4, 0.5) is 0 Å². The monoisotopic (exact) mass is 372 g/mol. The Morgan fingerprint density at radius 2 is 1.70 bits per heavy atom. The van der Waals surface area contributed by atoms with Gasteiger partial charge < -0.3 is 28.8 Å². The quantitative estimate of drug-likeness (QED) is 0.870. The van der Waals surface area contributed by atoms with Gasteiger partial charge in [-0.2, -0.15) is 0 Å². The van der Waals surface area contributed by atoms with Crippen LogP contribution in [-0.2, 0) is 30.3 Å². The summed E-state index contributed by atoms with van der Waals surface area (Å²) in [7, 11) is 1.54. The molecule has 2 aliphatic rings. The molecular weight excluding hydrogens is 348 g/mol. The molecule has 2 fully saturated rings. The molecule has 1 unspecified atom stereocenters. The number of methoxy groups -OCH3 is 1. The van der Waals surface area contributed by atoms with E-state index in [9.17, 15) is 5.11 Å². The highest BCUT2D eigenvalue weighted by atomic mass is 16.8. The van der Waals surface area contributed by atoms with Crippen molar-refractivity contribution in [1.82, 2.24) is 0 Å². The van der Waals surface area contributed by atoms with Crippen molar-refractivity contribution in [3.63, 3.8) is 0 Å². The third-order valence-corrected chi connectivity index (χ3v) is 4.90. The van der Waals surface area contributed by atoms with Gasteiger partial charge in [-0.3, -0.25) is 0 Å². The molecule has 0 spiro atoms. The lowest BCUT2D eigenvalue weighted by Crippen LogP contribution is -2.62. The molecule has 0 aromatic heterocycles. The SMILES string of the molecule is CO[C@H]1O[C@@H]2COC(c3ccccc3)O[C@H]2[C@H](O)[C@@H]1OCc1ccccc1. The van der Waals surface area contributed by atoms with E-state index >= 15 is 0 Å². The van der Waals surface area contributed by atoms with Gasteiger partial charge in [0, 0.05) is 12.7 Å². The third kappa shape index (κ3) is 4.06. The summed E-state index contributed by atoms with van der Waals surface area (Å²) in [5.74, 6) is 0. The lowest BCUT2D eigenvalue weighted by molar-refractivity contribution is -0.363. The van der Waals surface area contributed by atoms with Crippen molar-refractivity contribution < 1.29 is 28.8 Å². The zero-order valence-electron chi connectivity index (χ0n) is 15.1. The van der Waals surface area contributed by atoms with E-state index in [0.29, 0.717) is 13.2 Å². The van der Waals surface area contributed by atoms with E-state index < -0.39 is 37.0 Å². The maximum absolute atomic E-state index is 10.9. The molecule has 2 saturated heterocycles. The number of fused-ring (bicyclic) bond motifs is 1. The van der Waals surface area contributed by atoms with Gasteiger partial charge >= 0.3 is 0 Å². The molecule has 0 radical (unpaired) electrons. The van der Waals surface area contributed by atoms with E-state index in [1.807, 2.05) is 60.7 Å². The fraction of sp³-hybridized carbons (Fsp3) is 0.429. The van der Waals surface area contributed by atoms with Crippen LogP contribution >= 0.6 is 0 Å². The number of rotatable bonds is 5. The molecule has 0 amide bonds. The number of benzene rings is 2. The van der Waals surface area contributed by atoms with E-state index in [2.05, 4.69) is 0 Å². The zero-order chi connectivity index (χ0) is 18.6. The highest BCUT2D eigenvalue weighted by molar-refractivity contribution is 5.17. The lowest BCUT2D eigenvalue weighted by Gasteiger charge is -2.47. The first-order valence-electron chi connectivity index (χ1n) is 9.10. The molecule has 2 aliphatic heterocycles. The average Bonchev–Trinajstić information content (AvgIpc) is 2.74. The van der Waals surface area contributed by atoms with Crippen LogP contribution in [0.5, 0.6) is 0 Å². The van der Waals surface area contributed by atoms with Gasteiger partial charge in [0.2, 0.25) is 0 Å². The van der Waals surface area contributed by atoms with Gasteiger partial charge in [0.15, 0.2) is 12.6 Å². The normalized spacial score (nSPS) is 33.4. The topological polar surface area (TPSA) is 66.4 Å². The Morgan fingerprint density at radius 1 is 1.00 bits per heavy atom. The number of ether oxygens (including phenoxy) is 5. The van der Waals surface area contributed by atoms with E-state index in [1.165, 1.54) is 7.11 Å². The molecule has 4 rings (SSSR count). The summed E-state index contributed by atoms with van der Waals surface area (Å²) >= 11 is 0. The number of aliphatic hydroxyl groups is 1. The van der Waals surface area contributed by atoms with Gasteiger partial charge in [0.25, 0.3) is 0 Å². The fourth-order valence-electron chi connectivity index (χ4n) is 3.48. The van der Waals surface area contributed by atoms with Crippen molar-refractivity contribution in [1.29, 1.82) is 0 Å². The van der Waals surface area contributed by atoms with Crippen LogP contribution in [0.1, 0.15) is 17.4 Å². The van der Waals surface area contributed by atoms with E-state index in [4.69, 9.17) is 23.7 Å². The molecule has 1 N–H and O–H groups in total. The maximum Gasteiger partial charge on any atom is 0.186 e. The summed E-state index contributed by atoms with van der Waals surface area (Å²) in [5.41, 5.74) is 1.91. The number of hydrogen-bond donors (Lipinski definition) is 1. The first-order valence-corrected chi connectivity index (χ1v) is 9.10. The molecule has 144 valence electrons. The predicted octanol–water partition coefficient (Wildman–Crippen LogP) is 2.42. The molecule has 0 bridgehead atoms. The Morgan fingerprint density at radius 3 is 2.41 bits per heavy atom. The van der Waals surface area contributed by atoms with Gasteiger partial charge in [-0.1, -0.05) is 60.7 Å². The van der Waals surface area contributed by atoms with Crippen LogP contribution in [0, 0.1) is 0 Å². The summed E-state index contributed by atoms with van der Waals surface area (Å²) < 4.78 is 29.1. The Labute approximate surface area is 158 Å².